The van der Waals surface area contributed by atoms with Crippen molar-refractivity contribution < 1.29 is 4.74 Å². The fraction of sp³-hybridized carbons (Fsp3) is 0.643. The molecule has 0 aliphatic carbocycles. The van der Waals surface area contributed by atoms with E-state index in [0.717, 1.165) is 30.4 Å². The van der Waals surface area contributed by atoms with E-state index in [1.165, 1.54) is 11.4 Å². The molecule has 2 aromatic heterocycles. The first-order chi connectivity index (χ1) is 8.94. The number of rotatable bonds is 6. The van der Waals surface area contributed by atoms with E-state index in [1.54, 1.807) is 11.3 Å². The minimum absolute atomic E-state index is 0.129. The molecule has 19 heavy (non-hydrogen) atoms. The van der Waals surface area contributed by atoms with E-state index in [2.05, 4.69) is 47.8 Å². The zero-order chi connectivity index (χ0) is 14.0. The summed E-state index contributed by atoms with van der Waals surface area (Å²) in [6, 6.07) is 0. The van der Waals surface area contributed by atoms with E-state index in [9.17, 15) is 0 Å². The average molecular weight is 281 g/mol. The molecule has 2 rings (SSSR count). The second-order valence-corrected chi connectivity index (χ2v) is 6.27. The maximum Gasteiger partial charge on any atom is 0.194 e. The molecule has 0 fully saturated rings. The molecule has 106 valence electrons. The summed E-state index contributed by atoms with van der Waals surface area (Å²) in [5.41, 5.74) is 3.48. The number of aromatic nitrogens is 2. The number of nitrogens with one attached hydrogen (secondary N) is 1. The lowest BCUT2D eigenvalue weighted by Crippen LogP contribution is -2.37. The summed E-state index contributed by atoms with van der Waals surface area (Å²) in [5.74, 6) is 0. The number of thiazole rings is 1. The monoisotopic (exact) mass is 281 g/mol. The number of hydrogen-bond acceptors (Lipinski definition) is 4. The average Bonchev–Trinajstić information content (AvgIpc) is 2.80. The van der Waals surface area contributed by atoms with Crippen LogP contribution in [0.5, 0.6) is 0 Å². The van der Waals surface area contributed by atoms with Gasteiger partial charge in [0.1, 0.15) is 0 Å². The minimum atomic E-state index is -0.129. The second kappa shape index (κ2) is 5.61. The van der Waals surface area contributed by atoms with Crippen molar-refractivity contribution in [3.05, 3.63) is 22.5 Å². The van der Waals surface area contributed by atoms with Crippen LogP contribution in [0.1, 0.15) is 37.9 Å². The van der Waals surface area contributed by atoms with E-state index < -0.39 is 0 Å². The van der Waals surface area contributed by atoms with Gasteiger partial charge >= 0.3 is 0 Å². The summed E-state index contributed by atoms with van der Waals surface area (Å²) in [7, 11) is 0. The van der Waals surface area contributed by atoms with E-state index in [1.807, 2.05) is 6.92 Å². The van der Waals surface area contributed by atoms with Crippen molar-refractivity contribution in [2.45, 2.75) is 46.8 Å². The van der Waals surface area contributed by atoms with E-state index in [-0.39, 0.29) is 5.60 Å². The molecule has 0 aliphatic rings. The Labute approximate surface area is 118 Å². The maximum atomic E-state index is 5.69. The van der Waals surface area contributed by atoms with Gasteiger partial charge in [-0.3, -0.25) is 4.40 Å². The first-order valence-electron chi connectivity index (χ1n) is 6.71. The SMILES string of the molecule is CCOC(C)(C)CNCc1c(C)nc2scc(C)n12. The normalized spacial score (nSPS) is 12.5. The smallest absolute Gasteiger partial charge is 0.194 e. The number of imidazole rings is 1. The molecular weight excluding hydrogens is 258 g/mol. The highest BCUT2D eigenvalue weighted by molar-refractivity contribution is 7.15. The lowest BCUT2D eigenvalue weighted by Gasteiger charge is -2.25. The van der Waals surface area contributed by atoms with Crippen LogP contribution in [0.15, 0.2) is 5.38 Å². The topological polar surface area (TPSA) is 38.6 Å². The Kier molecular flexibility index (Phi) is 4.28. The number of ether oxygens (including phenoxy) is 1. The molecule has 0 unspecified atom stereocenters. The van der Waals surface area contributed by atoms with Gasteiger partial charge in [-0.1, -0.05) is 0 Å². The lowest BCUT2D eigenvalue weighted by molar-refractivity contribution is -0.00903. The van der Waals surface area contributed by atoms with Crippen molar-refractivity contribution in [3.8, 4) is 0 Å². The standard InChI is InChI=1S/C14H23N3OS/c1-6-18-14(4,5)9-15-7-12-11(3)16-13-17(12)10(2)8-19-13/h8,15H,6-7,9H2,1-5H3. The second-order valence-electron chi connectivity index (χ2n) is 5.44. The Morgan fingerprint density at radius 3 is 2.84 bits per heavy atom. The lowest BCUT2D eigenvalue weighted by atomic mass is 10.1. The van der Waals surface area contributed by atoms with Crippen LogP contribution in [0.2, 0.25) is 0 Å². The van der Waals surface area contributed by atoms with E-state index in [0.29, 0.717) is 0 Å². The number of hydrogen-bond donors (Lipinski definition) is 1. The summed E-state index contributed by atoms with van der Waals surface area (Å²) in [6.07, 6.45) is 0. The van der Waals surface area contributed by atoms with Crippen LogP contribution >= 0.6 is 11.3 Å². The largest absolute Gasteiger partial charge is 0.375 e. The zero-order valence-electron chi connectivity index (χ0n) is 12.4. The molecule has 0 aromatic carbocycles. The summed E-state index contributed by atoms with van der Waals surface area (Å²) in [4.78, 5) is 5.68. The van der Waals surface area contributed by atoms with Crippen LogP contribution in [0.4, 0.5) is 0 Å². The third kappa shape index (κ3) is 3.16. The molecule has 0 spiro atoms. The molecule has 0 atom stereocenters. The fourth-order valence-electron chi connectivity index (χ4n) is 2.30. The van der Waals surface area contributed by atoms with Crippen molar-refractivity contribution in [1.29, 1.82) is 0 Å². The van der Waals surface area contributed by atoms with Crippen molar-refractivity contribution in [1.82, 2.24) is 14.7 Å². The highest BCUT2D eigenvalue weighted by Crippen LogP contribution is 2.20. The van der Waals surface area contributed by atoms with Crippen molar-refractivity contribution in [2.75, 3.05) is 13.2 Å². The van der Waals surface area contributed by atoms with Crippen molar-refractivity contribution in [3.63, 3.8) is 0 Å². The third-order valence-corrected chi connectivity index (χ3v) is 4.15. The Bertz CT molecular complexity index is 556. The van der Waals surface area contributed by atoms with Crippen molar-refractivity contribution >= 4 is 16.3 Å². The molecule has 5 heteroatoms. The van der Waals surface area contributed by atoms with Crippen molar-refractivity contribution in [2.24, 2.45) is 0 Å². The van der Waals surface area contributed by atoms with Gasteiger partial charge in [0.15, 0.2) is 4.96 Å². The first-order valence-corrected chi connectivity index (χ1v) is 7.59. The minimum Gasteiger partial charge on any atom is -0.375 e. The Balaban J connectivity index is 2.05. The number of nitrogens with zero attached hydrogens (tertiary/aromatic N) is 2. The maximum absolute atomic E-state index is 5.69. The summed E-state index contributed by atoms with van der Waals surface area (Å²) in [5, 5.41) is 5.63. The van der Waals surface area contributed by atoms with Gasteiger partial charge in [0.25, 0.3) is 0 Å². The summed E-state index contributed by atoms with van der Waals surface area (Å²) in [6.45, 7) is 12.8. The van der Waals surface area contributed by atoms with Crippen LogP contribution in [0.25, 0.3) is 4.96 Å². The van der Waals surface area contributed by atoms with Crippen LogP contribution in [0, 0.1) is 13.8 Å². The highest BCUT2D eigenvalue weighted by Gasteiger charge is 2.18. The van der Waals surface area contributed by atoms with Gasteiger partial charge < -0.3 is 10.1 Å². The molecule has 0 amide bonds. The van der Waals surface area contributed by atoms with Crippen LogP contribution in [-0.4, -0.2) is 28.1 Å². The predicted molar refractivity (Wildman–Crippen MR) is 80.0 cm³/mol. The Morgan fingerprint density at radius 2 is 2.16 bits per heavy atom. The molecule has 2 heterocycles. The van der Waals surface area contributed by atoms with Gasteiger partial charge in [-0.05, 0) is 34.6 Å². The first kappa shape index (κ1) is 14.5. The third-order valence-electron chi connectivity index (χ3n) is 3.21. The summed E-state index contributed by atoms with van der Waals surface area (Å²) >= 11 is 1.70. The van der Waals surface area contributed by atoms with E-state index >= 15 is 0 Å². The predicted octanol–water partition coefficient (Wildman–Crippen LogP) is 2.92. The van der Waals surface area contributed by atoms with Gasteiger partial charge in [-0.15, -0.1) is 11.3 Å². The Hall–Kier alpha value is -0.910. The molecule has 0 bridgehead atoms. The Morgan fingerprint density at radius 1 is 1.42 bits per heavy atom. The molecule has 4 nitrogen and oxygen atoms in total. The molecule has 0 radical (unpaired) electrons. The highest BCUT2D eigenvalue weighted by atomic mass is 32.1. The van der Waals surface area contributed by atoms with Gasteiger partial charge in [-0.25, -0.2) is 4.98 Å². The molecular formula is C14H23N3OS. The van der Waals surface area contributed by atoms with Gasteiger partial charge in [-0.2, -0.15) is 0 Å². The zero-order valence-corrected chi connectivity index (χ0v) is 13.2. The van der Waals surface area contributed by atoms with Crippen LogP contribution in [-0.2, 0) is 11.3 Å². The fourth-order valence-corrected chi connectivity index (χ4v) is 3.23. The van der Waals surface area contributed by atoms with Gasteiger partial charge in [0.2, 0.25) is 0 Å². The molecule has 0 aliphatic heterocycles. The van der Waals surface area contributed by atoms with Crippen LogP contribution in [0.3, 0.4) is 0 Å². The number of fused-ring (bicyclic) bond motifs is 1. The van der Waals surface area contributed by atoms with E-state index in [4.69, 9.17) is 4.74 Å². The van der Waals surface area contributed by atoms with Crippen LogP contribution < -0.4 is 5.32 Å². The van der Waals surface area contributed by atoms with Gasteiger partial charge in [0, 0.05) is 30.8 Å². The summed E-state index contributed by atoms with van der Waals surface area (Å²) < 4.78 is 7.93. The quantitative estimate of drug-likeness (QED) is 0.885. The molecule has 0 saturated carbocycles. The molecule has 0 saturated heterocycles. The molecule has 2 aromatic rings. The van der Waals surface area contributed by atoms with Gasteiger partial charge in [0.05, 0.1) is 17.0 Å². The number of aryl methyl sites for hydroxylation is 2. The molecule has 1 N–H and O–H groups in total.